The molecule has 3 aromatic rings. The van der Waals surface area contributed by atoms with Gasteiger partial charge < -0.3 is 5.32 Å². The first kappa shape index (κ1) is 17.4. The monoisotopic (exact) mass is 381 g/mol. The number of halogens is 1. The minimum absolute atomic E-state index is 0.00281. The number of carbonyl (C=O) groups is 1. The molecule has 0 spiro atoms. The first-order valence-corrected chi connectivity index (χ1v) is 10.0. The third-order valence-electron chi connectivity index (χ3n) is 6.00. The van der Waals surface area contributed by atoms with Crippen LogP contribution in [0.1, 0.15) is 62.0 Å². The van der Waals surface area contributed by atoms with Crippen molar-refractivity contribution in [3.05, 3.63) is 36.3 Å². The molecule has 0 aliphatic heterocycles. The maximum atomic E-state index is 14.0. The zero-order valence-electron chi connectivity index (χ0n) is 15.9. The molecule has 1 amide bonds. The summed E-state index contributed by atoms with van der Waals surface area (Å²) in [5, 5.41) is 15.5. The van der Waals surface area contributed by atoms with E-state index in [4.69, 9.17) is 0 Å². The van der Waals surface area contributed by atoms with Gasteiger partial charge in [0.15, 0.2) is 5.69 Å². The Kier molecular flexibility index (Phi) is 4.00. The average Bonchev–Trinajstić information content (AvgIpc) is 3.25. The van der Waals surface area contributed by atoms with E-state index in [9.17, 15) is 9.18 Å². The number of amides is 1. The van der Waals surface area contributed by atoms with E-state index in [2.05, 4.69) is 26.8 Å². The van der Waals surface area contributed by atoms with Crippen LogP contribution in [0.4, 0.5) is 4.39 Å². The SMILES string of the molecule is CC1(F)CCC(NC(=O)c2n[nH]c3ccc(-c4cnn(C5CC5)c4)cc23)CC1. The summed E-state index contributed by atoms with van der Waals surface area (Å²) in [6, 6.07) is 6.48. The number of rotatable bonds is 4. The highest BCUT2D eigenvalue weighted by atomic mass is 19.1. The summed E-state index contributed by atoms with van der Waals surface area (Å²) in [6.45, 7) is 1.64. The summed E-state index contributed by atoms with van der Waals surface area (Å²) in [5.41, 5.74) is 2.15. The molecule has 0 radical (unpaired) electrons. The molecule has 146 valence electrons. The fraction of sp³-hybridized carbons (Fsp3) is 0.476. The number of nitrogens with one attached hydrogen (secondary N) is 2. The van der Waals surface area contributed by atoms with E-state index in [1.54, 1.807) is 6.92 Å². The molecule has 2 N–H and O–H groups in total. The fourth-order valence-electron chi connectivity index (χ4n) is 4.01. The molecule has 2 heterocycles. The number of aromatic nitrogens is 4. The quantitative estimate of drug-likeness (QED) is 0.712. The summed E-state index contributed by atoms with van der Waals surface area (Å²) in [7, 11) is 0. The molecular formula is C21H24FN5O. The lowest BCUT2D eigenvalue weighted by atomic mass is 9.85. The molecule has 2 aliphatic carbocycles. The molecule has 7 heteroatoms. The highest BCUT2D eigenvalue weighted by Gasteiger charge is 2.32. The van der Waals surface area contributed by atoms with Crippen molar-refractivity contribution in [1.29, 1.82) is 0 Å². The Morgan fingerprint density at radius 1 is 1.25 bits per heavy atom. The zero-order chi connectivity index (χ0) is 19.3. The van der Waals surface area contributed by atoms with E-state index < -0.39 is 5.67 Å². The van der Waals surface area contributed by atoms with Crippen molar-refractivity contribution in [2.75, 3.05) is 0 Å². The molecule has 0 bridgehead atoms. The first-order chi connectivity index (χ1) is 13.5. The summed E-state index contributed by atoms with van der Waals surface area (Å²) in [6.07, 6.45) is 8.59. The third kappa shape index (κ3) is 3.30. The summed E-state index contributed by atoms with van der Waals surface area (Å²) >= 11 is 0. The van der Waals surface area contributed by atoms with E-state index in [0.29, 0.717) is 37.4 Å². The maximum absolute atomic E-state index is 14.0. The first-order valence-electron chi connectivity index (χ1n) is 10.0. The predicted octanol–water partition coefficient (Wildman–Crippen LogP) is 4.16. The second-order valence-corrected chi connectivity index (χ2v) is 8.43. The van der Waals surface area contributed by atoms with Gasteiger partial charge in [-0.05, 0) is 63.1 Å². The van der Waals surface area contributed by atoms with Crippen molar-refractivity contribution >= 4 is 16.8 Å². The van der Waals surface area contributed by atoms with Crippen molar-refractivity contribution < 1.29 is 9.18 Å². The second-order valence-electron chi connectivity index (χ2n) is 8.43. The van der Waals surface area contributed by atoms with Crippen molar-refractivity contribution in [3.8, 4) is 11.1 Å². The van der Waals surface area contributed by atoms with Crippen molar-refractivity contribution in [3.63, 3.8) is 0 Å². The predicted molar refractivity (Wildman–Crippen MR) is 105 cm³/mol. The Bertz CT molecular complexity index is 1020. The van der Waals surface area contributed by atoms with Gasteiger partial charge in [-0.1, -0.05) is 6.07 Å². The average molecular weight is 381 g/mol. The minimum Gasteiger partial charge on any atom is -0.348 e. The maximum Gasteiger partial charge on any atom is 0.272 e. The van der Waals surface area contributed by atoms with Crippen LogP contribution >= 0.6 is 0 Å². The molecular weight excluding hydrogens is 357 g/mol. The number of hydrogen-bond donors (Lipinski definition) is 2. The van der Waals surface area contributed by atoms with Crippen LogP contribution in [0.5, 0.6) is 0 Å². The van der Waals surface area contributed by atoms with Gasteiger partial charge >= 0.3 is 0 Å². The largest absolute Gasteiger partial charge is 0.348 e. The molecule has 2 saturated carbocycles. The molecule has 2 aromatic heterocycles. The molecule has 0 atom stereocenters. The smallest absolute Gasteiger partial charge is 0.272 e. The molecule has 1 aromatic carbocycles. The van der Waals surface area contributed by atoms with Crippen LogP contribution in [0.2, 0.25) is 0 Å². The molecule has 2 fully saturated rings. The number of alkyl halides is 1. The van der Waals surface area contributed by atoms with Crippen LogP contribution in [0.25, 0.3) is 22.0 Å². The van der Waals surface area contributed by atoms with E-state index in [1.165, 1.54) is 12.8 Å². The number of aromatic amines is 1. The third-order valence-corrected chi connectivity index (χ3v) is 6.00. The van der Waals surface area contributed by atoms with Gasteiger partial charge in [-0.15, -0.1) is 0 Å². The van der Waals surface area contributed by atoms with E-state index in [0.717, 1.165) is 22.0 Å². The number of fused-ring (bicyclic) bond motifs is 1. The van der Waals surface area contributed by atoms with Gasteiger partial charge in [0.2, 0.25) is 0 Å². The molecule has 6 nitrogen and oxygen atoms in total. The molecule has 0 saturated heterocycles. The standard InChI is InChI=1S/C21H24FN5O/c1-21(22)8-6-15(7-9-21)24-20(28)19-17-10-13(2-5-18(17)25-26-19)14-11-23-27(12-14)16-3-4-16/h2,5,10-12,15-16H,3-4,6-9H2,1H3,(H,24,28)(H,25,26). The molecule has 2 aliphatic rings. The number of H-pyrrole nitrogens is 1. The van der Waals surface area contributed by atoms with Gasteiger partial charge in [0.25, 0.3) is 5.91 Å². The lowest BCUT2D eigenvalue weighted by Gasteiger charge is -2.31. The number of benzene rings is 1. The Morgan fingerprint density at radius 2 is 2.04 bits per heavy atom. The highest BCUT2D eigenvalue weighted by molar-refractivity contribution is 6.05. The van der Waals surface area contributed by atoms with Gasteiger partial charge in [-0.2, -0.15) is 10.2 Å². The minimum atomic E-state index is -1.11. The van der Waals surface area contributed by atoms with Crippen LogP contribution < -0.4 is 5.32 Å². The van der Waals surface area contributed by atoms with Gasteiger partial charge in [0.1, 0.15) is 5.67 Å². The Morgan fingerprint density at radius 3 is 2.79 bits per heavy atom. The van der Waals surface area contributed by atoms with Crippen LogP contribution in [-0.4, -0.2) is 37.6 Å². The topological polar surface area (TPSA) is 75.6 Å². The Balaban J connectivity index is 1.37. The molecule has 5 rings (SSSR count). The fourth-order valence-corrected chi connectivity index (χ4v) is 4.01. The van der Waals surface area contributed by atoms with Gasteiger partial charge in [-0.25, -0.2) is 4.39 Å². The van der Waals surface area contributed by atoms with E-state index in [1.807, 2.05) is 29.1 Å². The lowest BCUT2D eigenvalue weighted by Crippen LogP contribution is -2.40. The van der Waals surface area contributed by atoms with Crippen LogP contribution in [0, 0.1) is 0 Å². The highest BCUT2D eigenvalue weighted by Crippen LogP contribution is 2.35. The number of hydrogen-bond acceptors (Lipinski definition) is 3. The van der Waals surface area contributed by atoms with Crippen molar-refractivity contribution in [2.45, 2.75) is 63.2 Å². The Hall–Kier alpha value is -2.70. The van der Waals surface area contributed by atoms with Crippen molar-refractivity contribution in [2.24, 2.45) is 0 Å². The van der Waals surface area contributed by atoms with E-state index in [-0.39, 0.29) is 11.9 Å². The van der Waals surface area contributed by atoms with E-state index >= 15 is 0 Å². The number of nitrogens with zero attached hydrogens (tertiary/aromatic N) is 3. The van der Waals surface area contributed by atoms with Crippen molar-refractivity contribution in [1.82, 2.24) is 25.3 Å². The van der Waals surface area contributed by atoms with Crippen LogP contribution in [0.3, 0.4) is 0 Å². The molecule has 28 heavy (non-hydrogen) atoms. The molecule has 0 unspecified atom stereocenters. The van der Waals surface area contributed by atoms with Gasteiger partial charge in [-0.3, -0.25) is 14.6 Å². The van der Waals surface area contributed by atoms with Gasteiger partial charge in [0, 0.05) is 23.2 Å². The number of carbonyl (C=O) groups excluding carboxylic acids is 1. The van der Waals surface area contributed by atoms with Crippen LogP contribution in [-0.2, 0) is 0 Å². The summed E-state index contributed by atoms with van der Waals surface area (Å²) in [4.78, 5) is 12.8. The Labute approximate surface area is 162 Å². The summed E-state index contributed by atoms with van der Waals surface area (Å²) in [5.74, 6) is -0.204. The van der Waals surface area contributed by atoms with Gasteiger partial charge in [0.05, 0.1) is 17.8 Å². The normalized spacial score (nSPS) is 25.1. The second kappa shape index (κ2) is 6.43. The lowest BCUT2D eigenvalue weighted by molar-refractivity contribution is 0.0847. The van der Waals surface area contributed by atoms with Crippen LogP contribution in [0.15, 0.2) is 30.6 Å². The summed E-state index contributed by atoms with van der Waals surface area (Å²) < 4.78 is 16.0. The zero-order valence-corrected chi connectivity index (χ0v) is 15.9.